The Hall–Kier alpha value is -1.88. The molecule has 0 spiro atoms. The van der Waals surface area contributed by atoms with Gasteiger partial charge < -0.3 is 15.3 Å². The van der Waals surface area contributed by atoms with Crippen LogP contribution >= 0.6 is 0 Å². The van der Waals surface area contributed by atoms with Crippen molar-refractivity contribution in [1.29, 1.82) is 0 Å². The predicted octanol–water partition coefficient (Wildman–Crippen LogP) is 2.45. The minimum Gasteiger partial charge on any atom is -0.393 e. The van der Waals surface area contributed by atoms with Crippen molar-refractivity contribution in [2.45, 2.75) is 51.7 Å². The molecule has 2 atom stereocenters. The Balaban J connectivity index is 1.97. The third kappa shape index (κ3) is 4.81. The Morgan fingerprint density at radius 2 is 1.75 bits per heavy atom. The lowest BCUT2D eigenvalue weighted by atomic mass is 9.86. The number of nitrogens with zero attached hydrogens (tertiary/aromatic N) is 1. The van der Waals surface area contributed by atoms with E-state index in [0.29, 0.717) is 17.7 Å². The maximum absolute atomic E-state index is 12.5. The zero-order valence-corrected chi connectivity index (χ0v) is 14.8. The first-order chi connectivity index (χ1) is 11.4. The van der Waals surface area contributed by atoms with Gasteiger partial charge in [0.05, 0.1) is 6.10 Å². The van der Waals surface area contributed by atoms with E-state index >= 15 is 0 Å². The van der Waals surface area contributed by atoms with Gasteiger partial charge in [-0.05, 0) is 51.0 Å². The molecule has 2 amide bonds. The fourth-order valence-electron chi connectivity index (χ4n) is 3.17. The monoisotopic (exact) mass is 332 g/mol. The van der Waals surface area contributed by atoms with E-state index in [2.05, 4.69) is 5.32 Å². The number of amides is 2. The zero-order valence-electron chi connectivity index (χ0n) is 14.8. The van der Waals surface area contributed by atoms with E-state index in [-0.39, 0.29) is 29.9 Å². The van der Waals surface area contributed by atoms with Gasteiger partial charge in [0.25, 0.3) is 11.8 Å². The first-order valence-corrected chi connectivity index (χ1v) is 8.73. The smallest absolute Gasteiger partial charge is 0.253 e. The minimum absolute atomic E-state index is 0.0758. The Kier molecular flexibility index (Phi) is 6.37. The van der Waals surface area contributed by atoms with Gasteiger partial charge in [-0.3, -0.25) is 9.59 Å². The van der Waals surface area contributed by atoms with E-state index in [9.17, 15) is 14.7 Å². The lowest BCUT2D eigenvalue weighted by molar-refractivity contribution is 0.0451. The molecule has 2 rings (SSSR count). The van der Waals surface area contributed by atoms with E-state index in [4.69, 9.17) is 0 Å². The van der Waals surface area contributed by atoms with Crippen LogP contribution < -0.4 is 5.32 Å². The van der Waals surface area contributed by atoms with Gasteiger partial charge >= 0.3 is 0 Å². The van der Waals surface area contributed by atoms with Crippen LogP contribution in [0.3, 0.4) is 0 Å². The molecule has 5 heteroatoms. The molecule has 2 N–H and O–H groups in total. The molecule has 1 fully saturated rings. The summed E-state index contributed by atoms with van der Waals surface area (Å²) in [5.41, 5.74) is 1.11. The normalized spacial score (nSPS) is 20.7. The van der Waals surface area contributed by atoms with Crippen molar-refractivity contribution < 1.29 is 14.7 Å². The number of carbonyl (C=O) groups excluding carboxylic acids is 2. The Bertz CT molecular complexity index is 568. The van der Waals surface area contributed by atoms with Crippen molar-refractivity contribution in [3.05, 3.63) is 35.4 Å². The maximum atomic E-state index is 12.5. The average molecular weight is 332 g/mol. The number of rotatable bonds is 5. The third-order valence-electron chi connectivity index (χ3n) is 4.54. The first-order valence-electron chi connectivity index (χ1n) is 8.73. The van der Waals surface area contributed by atoms with E-state index < -0.39 is 0 Å². The van der Waals surface area contributed by atoms with Crippen LogP contribution in [0.2, 0.25) is 0 Å². The summed E-state index contributed by atoms with van der Waals surface area (Å²) in [6, 6.07) is 6.80. The molecule has 1 saturated carbocycles. The van der Waals surface area contributed by atoms with Gasteiger partial charge in [0.2, 0.25) is 0 Å². The summed E-state index contributed by atoms with van der Waals surface area (Å²) in [4.78, 5) is 26.1. The van der Waals surface area contributed by atoms with Crippen molar-refractivity contribution in [3.8, 4) is 0 Å². The van der Waals surface area contributed by atoms with Crippen LogP contribution in [0.1, 0.15) is 60.2 Å². The third-order valence-corrected chi connectivity index (χ3v) is 4.54. The van der Waals surface area contributed by atoms with Crippen LogP contribution in [-0.2, 0) is 0 Å². The van der Waals surface area contributed by atoms with Gasteiger partial charge in [-0.1, -0.05) is 12.8 Å². The van der Waals surface area contributed by atoms with Crippen molar-refractivity contribution in [3.63, 3.8) is 0 Å². The van der Waals surface area contributed by atoms with Gasteiger partial charge in [0.15, 0.2) is 0 Å². The molecule has 24 heavy (non-hydrogen) atoms. The summed E-state index contributed by atoms with van der Waals surface area (Å²) in [6.07, 6.45) is 3.66. The van der Waals surface area contributed by atoms with Crippen LogP contribution in [0.5, 0.6) is 0 Å². The zero-order chi connectivity index (χ0) is 17.7. The lowest BCUT2D eigenvalue weighted by Gasteiger charge is -2.31. The number of hydrogen-bond donors (Lipinski definition) is 2. The van der Waals surface area contributed by atoms with Crippen LogP contribution in [0.25, 0.3) is 0 Å². The molecule has 1 aromatic carbocycles. The summed E-state index contributed by atoms with van der Waals surface area (Å²) in [7, 11) is 1.77. The fraction of sp³-hybridized carbons (Fsp3) is 0.579. The summed E-state index contributed by atoms with van der Waals surface area (Å²) >= 11 is 0. The van der Waals surface area contributed by atoms with Crippen molar-refractivity contribution >= 4 is 11.8 Å². The van der Waals surface area contributed by atoms with Crippen molar-refractivity contribution in [2.75, 3.05) is 13.6 Å². The van der Waals surface area contributed by atoms with Gasteiger partial charge in [-0.2, -0.15) is 0 Å². The first kappa shape index (κ1) is 18.5. The Labute approximate surface area is 144 Å². The Morgan fingerprint density at radius 1 is 1.17 bits per heavy atom. The highest BCUT2D eigenvalue weighted by Gasteiger charge is 2.26. The molecule has 0 radical (unpaired) electrons. The largest absolute Gasteiger partial charge is 0.393 e. The summed E-state index contributed by atoms with van der Waals surface area (Å²) in [5, 5.41) is 12.9. The molecular weight excluding hydrogens is 304 g/mol. The van der Waals surface area contributed by atoms with Gasteiger partial charge in [-0.15, -0.1) is 0 Å². The van der Waals surface area contributed by atoms with Gasteiger partial charge in [0, 0.05) is 36.7 Å². The molecule has 1 aromatic rings. The SMILES string of the molecule is CC(C)NC(=O)c1ccc(C(=O)N(C)CC2CCCCC2O)cc1. The van der Waals surface area contributed by atoms with E-state index in [1.807, 2.05) is 13.8 Å². The summed E-state index contributed by atoms with van der Waals surface area (Å²) in [5.74, 6) is -0.0601. The average Bonchev–Trinajstić information content (AvgIpc) is 2.55. The topological polar surface area (TPSA) is 69.6 Å². The number of hydrogen-bond acceptors (Lipinski definition) is 3. The molecule has 0 saturated heterocycles. The van der Waals surface area contributed by atoms with E-state index in [1.54, 1.807) is 36.2 Å². The molecule has 1 aliphatic rings. The fourth-order valence-corrected chi connectivity index (χ4v) is 3.17. The van der Waals surface area contributed by atoms with Crippen LogP contribution in [0.15, 0.2) is 24.3 Å². The Morgan fingerprint density at radius 3 is 2.33 bits per heavy atom. The van der Waals surface area contributed by atoms with E-state index in [0.717, 1.165) is 25.7 Å². The second-order valence-electron chi connectivity index (χ2n) is 7.00. The molecule has 5 nitrogen and oxygen atoms in total. The van der Waals surface area contributed by atoms with Gasteiger partial charge in [-0.25, -0.2) is 0 Å². The standard InChI is InChI=1S/C19H28N2O3/c1-13(2)20-18(23)14-8-10-15(11-9-14)19(24)21(3)12-16-6-4-5-7-17(16)22/h8-11,13,16-17,22H,4-7,12H2,1-3H3,(H,20,23). The molecule has 1 aliphatic carbocycles. The number of nitrogens with one attached hydrogen (secondary N) is 1. The molecule has 0 aromatic heterocycles. The van der Waals surface area contributed by atoms with Gasteiger partial charge in [0.1, 0.15) is 0 Å². The molecule has 2 unspecified atom stereocenters. The van der Waals surface area contributed by atoms with E-state index in [1.165, 1.54) is 0 Å². The highest BCUT2D eigenvalue weighted by Crippen LogP contribution is 2.25. The quantitative estimate of drug-likeness (QED) is 0.870. The summed E-state index contributed by atoms with van der Waals surface area (Å²) in [6.45, 7) is 4.38. The molecule has 0 bridgehead atoms. The second-order valence-corrected chi connectivity index (χ2v) is 7.00. The van der Waals surface area contributed by atoms with Crippen LogP contribution in [0.4, 0.5) is 0 Å². The second kappa shape index (κ2) is 8.29. The van der Waals surface area contributed by atoms with Crippen molar-refractivity contribution in [2.24, 2.45) is 5.92 Å². The van der Waals surface area contributed by atoms with Crippen molar-refractivity contribution in [1.82, 2.24) is 10.2 Å². The highest BCUT2D eigenvalue weighted by molar-refractivity contribution is 5.97. The minimum atomic E-state index is -0.309. The number of carbonyl (C=O) groups is 2. The molecule has 0 aliphatic heterocycles. The highest BCUT2D eigenvalue weighted by atomic mass is 16.3. The molecular formula is C19H28N2O3. The number of benzene rings is 1. The molecule has 132 valence electrons. The lowest BCUT2D eigenvalue weighted by Crippen LogP contribution is -2.38. The predicted molar refractivity (Wildman–Crippen MR) is 94.0 cm³/mol. The maximum Gasteiger partial charge on any atom is 0.253 e. The van der Waals surface area contributed by atoms with Crippen LogP contribution in [0, 0.1) is 5.92 Å². The number of aliphatic hydroxyl groups is 1. The van der Waals surface area contributed by atoms with Crippen LogP contribution in [-0.4, -0.2) is 47.6 Å². The summed E-state index contributed by atoms with van der Waals surface area (Å²) < 4.78 is 0. The number of aliphatic hydroxyl groups excluding tert-OH is 1. The molecule has 0 heterocycles.